The second kappa shape index (κ2) is 13.7. The number of anilines is 1. The van der Waals surface area contributed by atoms with Gasteiger partial charge in [-0.15, -0.1) is 0 Å². The molecule has 0 radical (unpaired) electrons. The first-order chi connectivity index (χ1) is 18.4. The molecule has 38 heavy (non-hydrogen) atoms. The summed E-state index contributed by atoms with van der Waals surface area (Å²) in [5, 5.41) is 25.6. The van der Waals surface area contributed by atoms with Gasteiger partial charge in [0.25, 0.3) is 0 Å². The van der Waals surface area contributed by atoms with Crippen LogP contribution in [0.1, 0.15) is 63.5 Å². The van der Waals surface area contributed by atoms with Crippen molar-refractivity contribution >= 4 is 29.5 Å². The van der Waals surface area contributed by atoms with Crippen LogP contribution in [0.5, 0.6) is 0 Å². The minimum absolute atomic E-state index is 0.00698. The minimum Gasteiger partial charge on any atom is -0.465 e. The highest BCUT2D eigenvalue weighted by atomic mass is 35.5. The van der Waals surface area contributed by atoms with Crippen LogP contribution in [-0.2, 0) is 18.3 Å². The first-order valence-corrected chi connectivity index (χ1v) is 14.0. The summed E-state index contributed by atoms with van der Waals surface area (Å²) in [5.74, 6) is 1.31. The normalized spacial score (nSPS) is 19.2. The van der Waals surface area contributed by atoms with Gasteiger partial charge in [-0.3, -0.25) is 9.48 Å². The van der Waals surface area contributed by atoms with E-state index in [-0.39, 0.29) is 11.9 Å². The van der Waals surface area contributed by atoms with E-state index in [0.29, 0.717) is 36.6 Å². The molecule has 2 saturated carbocycles. The van der Waals surface area contributed by atoms with Gasteiger partial charge in [0.15, 0.2) is 0 Å². The second-order valence-electron chi connectivity index (χ2n) is 10.4. The maximum Gasteiger partial charge on any atom is 0.404 e. The Bertz CT molecular complexity index is 1080. The Morgan fingerprint density at radius 1 is 1.03 bits per heavy atom. The number of halogens is 1. The number of nitrogens with zero attached hydrogens (tertiary/aromatic N) is 4. The molecule has 11 nitrogen and oxygen atoms in total. The van der Waals surface area contributed by atoms with Gasteiger partial charge < -0.3 is 26.4 Å². The summed E-state index contributed by atoms with van der Waals surface area (Å²) in [6.07, 6.45) is 12.4. The number of aromatic nitrogens is 4. The Kier molecular flexibility index (Phi) is 10.2. The summed E-state index contributed by atoms with van der Waals surface area (Å²) in [4.78, 5) is 31.7. The summed E-state index contributed by atoms with van der Waals surface area (Å²) in [5.41, 5.74) is 2.88. The van der Waals surface area contributed by atoms with Crippen molar-refractivity contribution < 1.29 is 14.7 Å². The van der Waals surface area contributed by atoms with E-state index < -0.39 is 6.09 Å². The number of hydrogen-bond acceptors (Lipinski definition) is 7. The van der Waals surface area contributed by atoms with E-state index in [1.807, 2.05) is 17.9 Å². The van der Waals surface area contributed by atoms with Gasteiger partial charge in [-0.25, -0.2) is 14.8 Å². The third kappa shape index (κ3) is 8.56. The van der Waals surface area contributed by atoms with Crippen molar-refractivity contribution in [3.05, 3.63) is 23.1 Å². The number of aryl methyl sites for hydroxylation is 1. The van der Waals surface area contributed by atoms with E-state index in [1.165, 1.54) is 18.5 Å². The minimum atomic E-state index is -1.00. The molecule has 208 valence electrons. The highest BCUT2D eigenvalue weighted by molar-refractivity contribution is 6.32. The number of carbonyl (C=O) groups is 2. The summed E-state index contributed by atoms with van der Waals surface area (Å²) in [7, 11) is 1.97. The quantitative estimate of drug-likeness (QED) is 0.227. The Hall–Kier alpha value is -2.92. The molecule has 12 heteroatoms. The lowest BCUT2D eigenvalue weighted by Gasteiger charge is -2.29. The van der Waals surface area contributed by atoms with Crippen molar-refractivity contribution in [3.8, 4) is 11.3 Å². The molecule has 5 N–H and O–H groups in total. The smallest absolute Gasteiger partial charge is 0.404 e. The Morgan fingerprint density at radius 3 is 2.45 bits per heavy atom. The van der Waals surface area contributed by atoms with Gasteiger partial charge in [0.1, 0.15) is 0 Å². The molecule has 0 unspecified atom stereocenters. The number of unbranched alkanes of at least 4 members (excludes halogenated alkanes) is 2. The van der Waals surface area contributed by atoms with Gasteiger partial charge in [-0.05, 0) is 70.1 Å². The number of nitrogens with one attached hydrogen (secondary N) is 4. The summed E-state index contributed by atoms with van der Waals surface area (Å²) in [6.45, 7) is 1.36. The molecule has 2 aliphatic rings. The maximum absolute atomic E-state index is 12.1. The average Bonchev–Trinajstić information content (AvgIpc) is 3.65. The molecule has 2 fully saturated rings. The van der Waals surface area contributed by atoms with Crippen LogP contribution in [0.15, 0.2) is 12.4 Å². The number of hydrogen-bond donors (Lipinski definition) is 5. The molecule has 2 aromatic heterocycles. The van der Waals surface area contributed by atoms with Crippen LogP contribution in [0, 0.1) is 5.92 Å². The first-order valence-electron chi connectivity index (χ1n) is 13.7. The molecule has 0 aromatic carbocycles. The number of carbonyl (C=O) groups excluding carboxylic acids is 1. The topological polar surface area (TPSA) is 146 Å². The molecule has 0 bridgehead atoms. The number of carboxylic acid groups (broad SMARTS) is 1. The van der Waals surface area contributed by atoms with Crippen LogP contribution < -0.4 is 21.3 Å². The molecule has 2 amide bonds. The van der Waals surface area contributed by atoms with Crippen LogP contribution in [0.25, 0.3) is 11.3 Å². The van der Waals surface area contributed by atoms with E-state index in [2.05, 4.69) is 31.3 Å². The standard InChI is InChI=1S/C26H39ClN8O3/c1-35-22(13-17-5-6-17)20(14-32-35)24-21(27)15-31-25(34-24)33-19-9-7-18(8-10-19)30-16-23(36)28-11-3-2-4-12-29-26(37)38/h14-15,17-19,29-30H,2-13,16H2,1H3,(H,28,36)(H,37,38)(H,31,33,34). The van der Waals surface area contributed by atoms with Crippen LogP contribution in [0.3, 0.4) is 0 Å². The maximum atomic E-state index is 12.1. The Morgan fingerprint density at radius 2 is 1.74 bits per heavy atom. The predicted octanol–water partition coefficient (Wildman–Crippen LogP) is 3.35. The number of rotatable bonds is 14. The van der Waals surface area contributed by atoms with Crippen LogP contribution >= 0.6 is 11.6 Å². The Labute approximate surface area is 228 Å². The van der Waals surface area contributed by atoms with Gasteiger partial charge in [-0.1, -0.05) is 11.6 Å². The van der Waals surface area contributed by atoms with Gasteiger partial charge in [-0.2, -0.15) is 5.10 Å². The highest BCUT2D eigenvalue weighted by Gasteiger charge is 2.27. The lowest BCUT2D eigenvalue weighted by atomic mass is 9.91. The van der Waals surface area contributed by atoms with Gasteiger partial charge in [0.2, 0.25) is 11.9 Å². The first kappa shape index (κ1) is 28.1. The van der Waals surface area contributed by atoms with Crippen LogP contribution in [0.4, 0.5) is 10.7 Å². The van der Waals surface area contributed by atoms with Gasteiger partial charge in [0, 0.05) is 43.5 Å². The van der Waals surface area contributed by atoms with Crippen molar-refractivity contribution in [2.45, 2.75) is 76.3 Å². The second-order valence-corrected chi connectivity index (χ2v) is 10.8. The van der Waals surface area contributed by atoms with Gasteiger partial charge >= 0.3 is 6.09 Å². The van der Waals surface area contributed by atoms with Crippen molar-refractivity contribution in [1.29, 1.82) is 0 Å². The molecular weight excluding hydrogens is 508 g/mol. The molecule has 4 rings (SSSR count). The van der Waals surface area contributed by atoms with Crippen molar-refractivity contribution in [3.63, 3.8) is 0 Å². The predicted molar refractivity (Wildman–Crippen MR) is 146 cm³/mol. The summed E-state index contributed by atoms with van der Waals surface area (Å²) in [6, 6.07) is 0.578. The fourth-order valence-electron chi connectivity index (χ4n) is 4.90. The molecule has 2 heterocycles. The zero-order valence-corrected chi connectivity index (χ0v) is 22.8. The largest absolute Gasteiger partial charge is 0.465 e. The van der Waals surface area contributed by atoms with Crippen molar-refractivity contribution in [1.82, 2.24) is 35.7 Å². The fraction of sp³-hybridized carbons (Fsp3) is 0.654. The average molecular weight is 547 g/mol. The monoisotopic (exact) mass is 546 g/mol. The van der Waals surface area contributed by atoms with Crippen molar-refractivity contribution in [2.75, 3.05) is 25.0 Å². The third-order valence-corrected chi connectivity index (χ3v) is 7.58. The summed E-state index contributed by atoms with van der Waals surface area (Å²) >= 11 is 6.50. The van der Waals surface area contributed by atoms with Crippen LogP contribution in [0.2, 0.25) is 5.02 Å². The van der Waals surface area contributed by atoms with E-state index in [1.54, 1.807) is 6.20 Å². The van der Waals surface area contributed by atoms with E-state index in [0.717, 1.165) is 68.5 Å². The molecule has 0 aliphatic heterocycles. The highest BCUT2D eigenvalue weighted by Crippen LogP contribution is 2.37. The molecule has 0 atom stereocenters. The molecular formula is C26H39ClN8O3. The summed E-state index contributed by atoms with van der Waals surface area (Å²) < 4.78 is 1.93. The molecule has 2 aliphatic carbocycles. The van der Waals surface area contributed by atoms with E-state index >= 15 is 0 Å². The van der Waals surface area contributed by atoms with Crippen LogP contribution in [-0.4, -0.2) is 68.6 Å². The fourth-order valence-corrected chi connectivity index (χ4v) is 5.09. The van der Waals surface area contributed by atoms with E-state index in [9.17, 15) is 9.59 Å². The SMILES string of the molecule is Cn1ncc(-c2nc(NC3CCC(NCC(=O)NCCCCCNC(=O)O)CC3)ncc2Cl)c1CC1CC1. The Balaban J connectivity index is 1.16. The molecule has 0 spiro atoms. The molecule has 0 saturated heterocycles. The number of amides is 2. The lowest BCUT2D eigenvalue weighted by Crippen LogP contribution is -2.42. The lowest BCUT2D eigenvalue weighted by molar-refractivity contribution is -0.120. The molecule has 2 aromatic rings. The zero-order chi connectivity index (χ0) is 26.9. The van der Waals surface area contributed by atoms with Crippen molar-refractivity contribution in [2.24, 2.45) is 13.0 Å². The zero-order valence-electron chi connectivity index (χ0n) is 22.0. The third-order valence-electron chi connectivity index (χ3n) is 7.30. The van der Waals surface area contributed by atoms with Gasteiger partial charge in [0.05, 0.1) is 29.7 Å². The van der Waals surface area contributed by atoms with E-state index in [4.69, 9.17) is 21.7 Å².